The molecule has 0 saturated heterocycles. The standard InChI is InChI=1S/C56H65BN2S/c1-33-26-45-48-46(27-33)59(37-21-22-39-40(29-37)54(10,11)25-24-53(39,8)9)49-38-30-41-42(56(14,15)32-55(41,12)13)31-47(38)60-50(49)57(48)43-28-35(52(5,6)7)18-23-44(43)58(45)36-19-16-34(17-20-36)51(2,3)4/h16-23,26-31H,24-25,32H2,1-15H3. The number of fused-ring (bicyclic) bond motifs is 8. The van der Waals surface area contributed by atoms with Gasteiger partial charge < -0.3 is 9.80 Å². The highest BCUT2D eigenvalue weighted by Crippen LogP contribution is 2.55. The lowest BCUT2D eigenvalue weighted by Gasteiger charge is -2.45. The number of nitrogens with zero attached hydrogens (tertiary/aromatic N) is 2. The van der Waals surface area contributed by atoms with E-state index in [2.05, 4.69) is 210 Å². The fraction of sp³-hybridized carbons (Fsp3) is 0.429. The smallest absolute Gasteiger partial charge is 0.264 e. The van der Waals surface area contributed by atoms with Crippen LogP contribution in [0, 0.1) is 6.92 Å². The first-order chi connectivity index (χ1) is 27.9. The van der Waals surface area contributed by atoms with Gasteiger partial charge in [0, 0.05) is 43.3 Å². The maximum absolute atomic E-state index is 2.72. The lowest BCUT2D eigenvalue weighted by Crippen LogP contribution is -2.60. The molecule has 2 nitrogen and oxygen atoms in total. The highest BCUT2D eigenvalue weighted by Gasteiger charge is 2.48. The van der Waals surface area contributed by atoms with Gasteiger partial charge in [0.25, 0.3) is 6.71 Å². The summed E-state index contributed by atoms with van der Waals surface area (Å²) in [5, 5.41) is 1.40. The molecule has 4 aliphatic rings. The predicted octanol–water partition coefficient (Wildman–Crippen LogP) is 14.2. The van der Waals surface area contributed by atoms with Crippen LogP contribution in [0.1, 0.15) is 155 Å². The zero-order chi connectivity index (χ0) is 42.9. The number of benzene rings is 5. The van der Waals surface area contributed by atoms with Gasteiger partial charge in [0.1, 0.15) is 0 Å². The van der Waals surface area contributed by atoms with Crippen molar-refractivity contribution in [3.8, 4) is 0 Å². The third-order valence-electron chi connectivity index (χ3n) is 15.2. The van der Waals surface area contributed by atoms with Crippen LogP contribution in [-0.4, -0.2) is 6.71 Å². The van der Waals surface area contributed by atoms with Crippen molar-refractivity contribution in [3.63, 3.8) is 0 Å². The molecule has 0 N–H and O–H groups in total. The summed E-state index contributed by atoms with van der Waals surface area (Å²) in [6.45, 7) is 36.1. The maximum atomic E-state index is 2.72. The van der Waals surface area contributed by atoms with E-state index in [1.807, 2.05) is 0 Å². The molecule has 60 heavy (non-hydrogen) atoms. The summed E-state index contributed by atoms with van der Waals surface area (Å²) < 4.78 is 2.88. The Balaban J connectivity index is 1.32. The molecule has 10 rings (SSSR count). The Morgan fingerprint density at radius 1 is 0.533 bits per heavy atom. The second-order valence-electron chi connectivity index (χ2n) is 23.8. The Bertz CT molecular complexity index is 2780. The van der Waals surface area contributed by atoms with Crippen molar-refractivity contribution in [2.75, 3.05) is 9.80 Å². The van der Waals surface area contributed by atoms with Gasteiger partial charge >= 0.3 is 0 Å². The molecular weight excluding hydrogens is 744 g/mol. The van der Waals surface area contributed by atoms with E-state index in [-0.39, 0.29) is 39.2 Å². The molecule has 0 saturated carbocycles. The monoisotopic (exact) mass is 808 g/mol. The maximum Gasteiger partial charge on any atom is 0.264 e. The Morgan fingerprint density at radius 3 is 1.72 bits per heavy atom. The molecule has 5 aromatic carbocycles. The van der Waals surface area contributed by atoms with Crippen LogP contribution in [0.25, 0.3) is 10.1 Å². The summed E-state index contributed by atoms with van der Waals surface area (Å²) in [7, 11) is 0. The van der Waals surface area contributed by atoms with E-state index in [1.165, 1.54) is 112 Å². The van der Waals surface area contributed by atoms with Crippen LogP contribution in [0.15, 0.2) is 84.9 Å². The van der Waals surface area contributed by atoms with Gasteiger partial charge in [0.15, 0.2) is 0 Å². The molecule has 4 heteroatoms. The summed E-state index contributed by atoms with van der Waals surface area (Å²) >= 11 is 2.05. The largest absolute Gasteiger partial charge is 0.311 e. The third kappa shape index (κ3) is 5.78. The SMILES string of the molecule is Cc1cc2c3c(c1)N(c1ccc4c(c1)C(C)(C)CCC4(C)C)c1c(sc4cc5c(cc14)C(C)(C)CC5(C)C)B3c1cc(C(C)(C)C)ccc1N2c1ccc(C(C)(C)C)cc1. The quantitative estimate of drug-likeness (QED) is 0.161. The lowest BCUT2D eigenvalue weighted by molar-refractivity contribution is 0.332. The molecular formula is C56H65BN2S. The van der Waals surface area contributed by atoms with Gasteiger partial charge in [0.05, 0.1) is 5.69 Å². The summed E-state index contributed by atoms with van der Waals surface area (Å²) in [5.74, 6) is 0. The normalized spacial score (nSPS) is 19.1. The van der Waals surface area contributed by atoms with E-state index < -0.39 is 0 Å². The van der Waals surface area contributed by atoms with Gasteiger partial charge in [-0.05, 0) is 163 Å². The molecule has 0 radical (unpaired) electrons. The van der Waals surface area contributed by atoms with Gasteiger partial charge in [-0.2, -0.15) is 0 Å². The first-order valence-electron chi connectivity index (χ1n) is 22.6. The molecule has 0 atom stereocenters. The average molecular weight is 809 g/mol. The Hall–Kier alpha value is -4.28. The highest BCUT2D eigenvalue weighted by molar-refractivity contribution is 7.33. The first-order valence-corrected chi connectivity index (χ1v) is 23.5. The molecule has 0 spiro atoms. The van der Waals surface area contributed by atoms with Crippen LogP contribution in [0.4, 0.5) is 34.1 Å². The lowest BCUT2D eigenvalue weighted by atomic mass is 9.36. The summed E-state index contributed by atoms with van der Waals surface area (Å²) in [5.41, 5.74) is 21.3. The van der Waals surface area contributed by atoms with E-state index in [4.69, 9.17) is 0 Å². The van der Waals surface area contributed by atoms with Gasteiger partial charge in [-0.3, -0.25) is 0 Å². The molecule has 308 valence electrons. The van der Waals surface area contributed by atoms with Crippen LogP contribution in [0.5, 0.6) is 0 Å². The zero-order valence-electron chi connectivity index (χ0n) is 39.1. The zero-order valence-corrected chi connectivity index (χ0v) is 39.9. The molecule has 0 amide bonds. The Morgan fingerprint density at radius 2 is 1.08 bits per heavy atom. The first kappa shape index (κ1) is 39.8. The fourth-order valence-corrected chi connectivity index (χ4v) is 13.3. The second kappa shape index (κ2) is 12.4. The van der Waals surface area contributed by atoms with Crippen LogP contribution in [-0.2, 0) is 32.5 Å². The van der Waals surface area contributed by atoms with Crippen molar-refractivity contribution in [2.45, 2.75) is 156 Å². The Kier molecular flexibility index (Phi) is 8.25. The number of aryl methyl sites for hydroxylation is 1. The van der Waals surface area contributed by atoms with E-state index in [0.29, 0.717) is 0 Å². The van der Waals surface area contributed by atoms with Crippen molar-refractivity contribution in [2.24, 2.45) is 0 Å². The van der Waals surface area contributed by atoms with E-state index in [9.17, 15) is 0 Å². The minimum atomic E-state index is 0.00990. The highest BCUT2D eigenvalue weighted by atomic mass is 32.1. The minimum Gasteiger partial charge on any atom is -0.311 e. The fourth-order valence-electron chi connectivity index (χ4n) is 11.9. The van der Waals surface area contributed by atoms with Crippen LogP contribution in [0.2, 0.25) is 0 Å². The molecule has 0 unspecified atom stereocenters. The number of hydrogen-bond acceptors (Lipinski definition) is 3. The summed E-state index contributed by atoms with van der Waals surface area (Å²) in [6, 6.07) is 34.6. The molecule has 0 bridgehead atoms. The molecule has 2 aliphatic carbocycles. The van der Waals surface area contributed by atoms with Gasteiger partial charge in [-0.1, -0.05) is 127 Å². The van der Waals surface area contributed by atoms with Crippen molar-refractivity contribution < 1.29 is 0 Å². The second-order valence-corrected chi connectivity index (χ2v) is 24.9. The van der Waals surface area contributed by atoms with Gasteiger partial charge in [-0.25, -0.2) is 0 Å². The van der Waals surface area contributed by atoms with Crippen molar-refractivity contribution in [1.29, 1.82) is 0 Å². The van der Waals surface area contributed by atoms with E-state index in [1.54, 1.807) is 0 Å². The van der Waals surface area contributed by atoms with Crippen molar-refractivity contribution in [3.05, 3.63) is 124 Å². The van der Waals surface area contributed by atoms with E-state index in [0.717, 1.165) is 6.42 Å². The summed E-state index contributed by atoms with van der Waals surface area (Å²) in [6.07, 6.45) is 3.57. The van der Waals surface area contributed by atoms with Crippen LogP contribution >= 0.6 is 11.3 Å². The average Bonchev–Trinajstić information content (AvgIpc) is 3.61. The van der Waals surface area contributed by atoms with Gasteiger partial charge in [0.2, 0.25) is 0 Å². The van der Waals surface area contributed by atoms with Crippen LogP contribution < -0.4 is 25.5 Å². The number of anilines is 6. The van der Waals surface area contributed by atoms with E-state index >= 15 is 0 Å². The van der Waals surface area contributed by atoms with Crippen LogP contribution in [0.3, 0.4) is 0 Å². The number of hydrogen-bond donors (Lipinski definition) is 0. The number of rotatable bonds is 2. The minimum absolute atomic E-state index is 0.00990. The predicted molar refractivity (Wildman–Crippen MR) is 264 cm³/mol. The molecule has 3 heterocycles. The van der Waals surface area contributed by atoms with Crippen molar-refractivity contribution >= 4 is 78.0 Å². The number of thiophene rings is 1. The third-order valence-corrected chi connectivity index (χ3v) is 16.4. The molecule has 2 aliphatic heterocycles. The van der Waals surface area contributed by atoms with Crippen molar-refractivity contribution in [1.82, 2.24) is 0 Å². The molecule has 1 aromatic heterocycles. The molecule has 0 fully saturated rings. The summed E-state index contributed by atoms with van der Waals surface area (Å²) in [4.78, 5) is 5.30. The van der Waals surface area contributed by atoms with Gasteiger partial charge in [-0.15, -0.1) is 11.3 Å². The Labute approximate surface area is 365 Å². The molecule has 6 aromatic rings. The topological polar surface area (TPSA) is 6.48 Å².